The van der Waals surface area contributed by atoms with Crippen molar-refractivity contribution < 1.29 is 0 Å². The summed E-state index contributed by atoms with van der Waals surface area (Å²) in [5.41, 5.74) is 3.99. The SMILES string of the molecule is CC/C=C/c1nn(CCC(C)C)c(=O)n1Cc1ccc(-c2ccccc2-c2nnn[nH]2)cc1. The first-order valence-corrected chi connectivity index (χ1v) is 11.3. The van der Waals surface area contributed by atoms with Crippen LogP contribution in [0.2, 0.25) is 0 Å². The van der Waals surface area contributed by atoms with Gasteiger partial charge in [0.2, 0.25) is 0 Å². The molecule has 0 fully saturated rings. The maximum absolute atomic E-state index is 13.0. The molecule has 8 nitrogen and oxygen atoms in total. The van der Waals surface area contributed by atoms with E-state index >= 15 is 0 Å². The molecule has 0 aliphatic heterocycles. The van der Waals surface area contributed by atoms with E-state index in [9.17, 15) is 4.79 Å². The van der Waals surface area contributed by atoms with E-state index in [-0.39, 0.29) is 5.69 Å². The third-order valence-electron chi connectivity index (χ3n) is 5.51. The van der Waals surface area contributed by atoms with Crippen LogP contribution < -0.4 is 5.69 Å². The lowest BCUT2D eigenvalue weighted by Gasteiger charge is -2.09. The Kier molecular flexibility index (Phi) is 6.92. The molecule has 1 N–H and O–H groups in total. The zero-order valence-electron chi connectivity index (χ0n) is 19.3. The molecule has 0 unspecified atom stereocenters. The molecule has 0 spiro atoms. The molecule has 0 bridgehead atoms. The van der Waals surface area contributed by atoms with Crippen molar-refractivity contribution in [3.05, 3.63) is 76.5 Å². The van der Waals surface area contributed by atoms with E-state index in [2.05, 4.69) is 70.8 Å². The number of tetrazole rings is 1. The predicted molar refractivity (Wildman–Crippen MR) is 129 cm³/mol. The number of allylic oxidation sites excluding steroid dienone is 1. The number of aryl methyl sites for hydroxylation is 1. The smallest absolute Gasteiger partial charge is 0.271 e. The fourth-order valence-electron chi connectivity index (χ4n) is 3.67. The van der Waals surface area contributed by atoms with Crippen LogP contribution >= 0.6 is 0 Å². The van der Waals surface area contributed by atoms with Gasteiger partial charge in [0.1, 0.15) is 0 Å². The number of H-pyrrole nitrogens is 1. The molecule has 0 aliphatic rings. The quantitative estimate of drug-likeness (QED) is 0.413. The molecule has 33 heavy (non-hydrogen) atoms. The van der Waals surface area contributed by atoms with Crippen LogP contribution in [0.3, 0.4) is 0 Å². The predicted octanol–water partition coefficient (Wildman–Crippen LogP) is 4.41. The van der Waals surface area contributed by atoms with Gasteiger partial charge in [-0.25, -0.2) is 14.6 Å². The molecule has 0 saturated heterocycles. The van der Waals surface area contributed by atoms with Crippen molar-refractivity contribution in [1.82, 2.24) is 35.0 Å². The van der Waals surface area contributed by atoms with Crippen molar-refractivity contribution in [3.63, 3.8) is 0 Å². The van der Waals surface area contributed by atoms with Gasteiger partial charge in [-0.3, -0.25) is 4.57 Å². The Morgan fingerprint density at radius 3 is 2.48 bits per heavy atom. The Balaban J connectivity index is 1.61. The number of nitrogens with zero attached hydrogens (tertiary/aromatic N) is 6. The van der Waals surface area contributed by atoms with Gasteiger partial charge in [0.05, 0.1) is 6.54 Å². The summed E-state index contributed by atoms with van der Waals surface area (Å²) in [5.74, 6) is 1.83. The molecule has 4 aromatic rings. The highest BCUT2D eigenvalue weighted by molar-refractivity contribution is 5.80. The van der Waals surface area contributed by atoms with Crippen LogP contribution in [0.4, 0.5) is 0 Å². The fraction of sp³-hybridized carbons (Fsp3) is 0.320. The lowest BCUT2D eigenvalue weighted by atomic mass is 9.98. The lowest BCUT2D eigenvalue weighted by molar-refractivity contribution is 0.473. The molecular formula is C25H29N7O. The maximum Gasteiger partial charge on any atom is 0.346 e. The zero-order valence-corrected chi connectivity index (χ0v) is 19.3. The minimum atomic E-state index is -0.0707. The highest BCUT2D eigenvalue weighted by atomic mass is 16.2. The first-order valence-electron chi connectivity index (χ1n) is 11.3. The molecule has 0 radical (unpaired) electrons. The van der Waals surface area contributed by atoms with Crippen molar-refractivity contribution in [1.29, 1.82) is 0 Å². The number of aromatic nitrogens is 7. The Labute approximate surface area is 193 Å². The fourth-order valence-corrected chi connectivity index (χ4v) is 3.67. The van der Waals surface area contributed by atoms with Gasteiger partial charge in [0.15, 0.2) is 11.6 Å². The second-order valence-corrected chi connectivity index (χ2v) is 8.44. The third kappa shape index (κ3) is 5.16. The second-order valence-electron chi connectivity index (χ2n) is 8.44. The summed E-state index contributed by atoms with van der Waals surface area (Å²) in [6.07, 6.45) is 5.78. The van der Waals surface area contributed by atoms with Crippen LogP contribution in [0.15, 0.2) is 59.4 Å². The average Bonchev–Trinajstić information content (AvgIpc) is 3.46. The van der Waals surface area contributed by atoms with Crippen molar-refractivity contribution in [2.24, 2.45) is 5.92 Å². The minimum Gasteiger partial charge on any atom is -0.271 e. The Morgan fingerprint density at radius 2 is 1.82 bits per heavy atom. The van der Waals surface area contributed by atoms with E-state index in [0.717, 1.165) is 35.1 Å². The molecule has 0 amide bonds. The summed E-state index contributed by atoms with van der Waals surface area (Å²) in [4.78, 5) is 13.0. The first-order chi connectivity index (χ1) is 16.1. The second kappa shape index (κ2) is 10.2. The van der Waals surface area contributed by atoms with E-state index in [0.29, 0.717) is 30.7 Å². The van der Waals surface area contributed by atoms with Crippen molar-refractivity contribution >= 4 is 6.08 Å². The average molecular weight is 444 g/mol. The van der Waals surface area contributed by atoms with Crippen LogP contribution in [0.1, 0.15) is 45.0 Å². The molecule has 2 aromatic heterocycles. The van der Waals surface area contributed by atoms with E-state index in [1.165, 1.54) is 0 Å². The van der Waals surface area contributed by atoms with E-state index in [4.69, 9.17) is 0 Å². The minimum absolute atomic E-state index is 0.0707. The molecule has 0 aliphatic carbocycles. The summed E-state index contributed by atoms with van der Waals surface area (Å²) in [6.45, 7) is 7.47. The monoisotopic (exact) mass is 443 g/mol. The number of hydrogen-bond acceptors (Lipinski definition) is 5. The van der Waals surface area contributed by atoms with Gasteiger partial charge in [-0.1, -0.05) is 75.4 Å². The largest absolute Gasteiger partial charge is 0.346 e. The van der Waals surface area contributed by atoms with Crippen molar-refractivity contribution in [2.45, 2.75) is 46.7 Å². The summed E-state index contributed by atoms with van der Waals surface area (Å²) in [5, 5.41) is 18.8. The van der Waals surface area contributed by atoms with Crippen LogP contribution in [0.25, 0.3) is 28.6 Å². The summed E-state index contributed by atoms with van der Waals surface area (Å²) in [6, 6.07) is 16.2. The summed E-state index contributed by atoms with van der Waals surface area (Å²) in [7, 11) is 0. The van der Waals surface area contributed by atoms with Crippen LogP contribution in [0.5, 0.6) is 0 Å². The number of benzene rings is 2. The number of aromatic amines is 1. The lowest BCUT2D eigenvalue weighted by Crippen LogP contribution is -2.26. The van der Waals surface area contributed by atoms with Gasteiger partial charge in [-0.05, 0) is 52.0 Å². The molecule has 8 heteroatoms. The first kappa shape index (κ1) is 22.4. The van der Waals surface area contributed by atoms with Gasteiger partial charge in [-0.2, -0.15) is 5.10 Å². The Bertz CT molecular complexity index is 1270. The highest BCUT2D eigenvalue weighted by Gasteiger charge is 2.13. The zero-order chi connectivity index (χ0) is 23.2. The number of nitrogens with one attached hydrogen (secondary N) is 1. The van der Waals surface area contributed by atoms with Crippen LogP contribution in [-0.4, -0.2) is 35.0 Å². The third-order valence-corrected chi connectivity index (χ3v) is 5.51. The standard InChI is InChI=1S/C25H29N7O/c1-4-5-10-23-28-32(16-15-18(2)3)25(33)31(23)17-19-11-13-20(14-12-19)21-8-6-7-9-22(21)24-26-29-30-27-24/h5-14,18H,4,15-17H2,1-3H3,(H,26,27,29,30)/b10-5+. The maximum atomic E-state index is 13.0. The summed E-state index contributed by atoms with van der Waals surface area (Å²) >= 11 is 0. The van der Waals surface area contributed by atoms with E-state index < -0.39 is 0 Å². The molecular weight excluding hydrogens is 414 g/mol. The molecule has 4 rings (SSSR count). The topological polar surface area (TPSA) is 94.3 Å². The van der Waals surface area contributed by atoms with Gasteiger partial charge >= 0.3 is 5.69 Å². The highest BCUT2D eigenvalue weighted by Crippen LogP contribution is 2.29. The Morgan fingerprint density at radius 1 is 1.06 bits per heavy atom. The molecule has 170 valence electrons. The summed E-state index contributed by atoms with van der Waals surface area (Å²) < 4.78 is 3.33. The van der Waals surface area contributed by atoms with E-state index in [1.54, 1.807) is 9.25 Å². The number of hydrogen-bond donors (Lipinski definition) is 1. The molecule has 2 heterocycles. The number of rotatable bonds is 9. The Hall–Kier alpha value is -3.81. The van der Waals surface area contributed by atoms with Crippen molar-refractivity contribution in [3.8, 4) is 22.5 Å². The molecule has 2 aromatic carbocycles. The van der Waals surface area contributed by atoms with Crippen molar-refractivity contribution in [2.75, 3.05) is 0 Å². The van der Waals surface area contributed by atoms with Gasteiger partial charge in [0.25, 0.3) is 0 Å². The van der Waals surface area contributed by atoms with E-state index in [1.807, 2.05) is 36.4 Å². The van der Waals surface area contributed by atoms with Gasteiger partial charge in [-0.15, -0.1) is 5.10 Å². The van der Waals surface area contributed by atoms with Gasteiger partial charge in [0, 0.05) is 12.1 Å². The van der Waals surface area contributed by atoms with Crippen LogP contribution in [0, 0.1) is 5.92 Å². The normalized spacial score (nSPS) is 11.6. The van der Waals surface area contributed by atoms with Crippen LogP contribution in [-0.2, 0) is 13.1 Å². The van der Waals surface area contributed by atoms with Gasteiger partial charge < -0.3 is 0 Å². The molecule has 0 atom stereocenters. The molecule has 0 saturated carbocycles.